The fourth-order valence-electron chi connectivity index (χ4n) is 1.23. The van der Waals surface area contributed by atoms with Crippen LogP contribution < -0.4 is 0 Å². The first-order valence-corrected chi connectivity index (χ1v) is 7.62. The van der Waals surface area contributed by atoms with Crippen LogP contribution in [0.3, 0.4) is 0 Å². The van der Waals surface area contributed by atoms with Gasteiger partial charge in [-0.15, -0.1) is 0 Å². The third kappa shape index (κ3) is 10.5. The Morgan fingerprint density at radius 1 is 1.10 bits per heavy atom. The molecule has 0 bridgehead atoms. The summed E-state index contributed by atoms with van der Waals surface area (Å²) in [5, 5.41) is 0. The average molecular weight is 318 g/mol. The first kappa shape index (κ1) is 19.1. The van der Waals surface area contributed by atoms with Gasteiger partial charge in [0.1, 0.15) is 13.2 Å². The van der Waals surface area contributed by atoms with E-state index in [0.29, 0.717) is 0 Å². The molecule has 1 N–H and O–H groups in total. The molecule has 8 heteroatoms. The van der Waals surface area contributed by atoms with E-state index in [1.807, 2.05) is 0 Å². The van der Waals surface area contributed by atoms with E-state index < -0.39 is 27.8 Å². The van der Waals surface area contributed by atoms with Gasteiger partial charge >= 0.3 is 11.9 Å². The zero-order chi connectivity index (χ0) is 16.3. The van der Waals surface area contributed by atoms with Crippen LogP contribution in [0.15, 0.2) is 37.0 Å². The largest absolute Gasteiger partial charge is 0.458 e. The molecule has 0 aliphatic carbocycles. The highest BCUT2D eigenvalue weighted by Crippen LogP contribution is 2.09. The maximum atomic E-state index is 11.7. The lowest BCUT2D eigenvalue weighted by atomic mass is 10.1. The zero-order valence-electron chi connectivity index (χ0n) is 11.5. The maximum Gasteiger partial charge on any atom is 0.334 e. The molecule has 0 rings (SSSR count). The third-order valence-corrected chi connectivity index (χ3v) is 2.88. The SMILES string of the molecule is C=CCOC(=O)/C=C(/CCCS(=O)(=O)O)C(=O)OCC=C. The number of hydrogen-bond acceptors (Lipinski definition) is 6. The summed E-state index contributed by atoms with van der Waals surface area (Å²) in [5.74, 6) is -2.08. The van der Waals surface area contributed by atoms with E-state index >= 15 is 0 Å². The Balaban J connectivity index is 4.78. The molecule has 21 heavy (non-hydrogen) atoms. The summed E-state index contributed by atoms with van der Waals surface area (Å²) >= 11 is 0. The van der Waals surface area contributed by atoms with Crippen molar-refractivity contribution in [3.8, 4) is 0 Å². The van der Waals surface area contributed by atoms with E-state index in [0.717, 1.165) is 6.08 Å². The Morgan fingerprint density at radius 3 is 2.19 bits per heavy atom. The molecule has 0 aromatic carbocycles. The van der Waals surface area contributed by atoms with Crippen LogP contribution in [0, 0.1) is 0 Å². The molecule has 0 fully saturated rings. The number of hydrogen-bond donors (Lipinski definition) is 1. The van der Waals surface area contributed by atoms with Crippen molar-refractivity contribution in [1.82, 2.24) is 0 Å². The van der Waals surface area contributed by atoms with Crippen LogP contribution in [-0.2, 0) is 29.2 Å². The molecule has 0 amide bonds. The fourth-order valence-corrected chi connectivity index (χ4v) is 1.74. The topological polar surface area (TPSA) is 107 Å². The summed E-state index contributed by atoms with van der Waals surface area (Å²) in [5.41, 5.74) is -0.0467. The van der Waals surface area contributed by atoms with Gasteiger partial charge in [-0.25, -0.2) is 9.59 Å². The molecule has 0 aliphatic rings. The highest BCUT2D eigenvalue weighted by atomic mass is 32.2. The van der Waals surface area contributed by atoms with Crippen molar-refractivity contribution in [3.63, 3.8) is 0 Å². The summed E-state index contributed by atoms with van der Waals surface area (Å²) in [7, 11) is -4.13. The van der Waals surface area contributed by atoms with Gasteiger partial charge < -0.3 is 9.47 Å². The molecule has 118 valence electrons. The van der Waals surface area contributed by atoms with Crippen LogP contribution in [0.2, 0.25) is 0 Å². The molecule has 0 heterocycles. The van der Waals surface area contributed by atoms with Gasteiger partial charge in [-0.2, -0.15) is 8.42 Å². The minimum atomic E-state index is -4.13. The maximum absolute atomic E-state index is 11.7. The number of esters is 2. The first-order valence-electron chi connectivity index (χ1n) is 6.01. The smallest absolute Gasteiger partial charge is 0.334 e. The van der Waals surface area contributed by atoms with Crippen molar-refractivity contribution in [1.29, 1.82) is 0 Å². The molecular weight excluding hydrogens is 300 g/mol. The summed E-state index contributed by atoms with van der Waals surface area (Å²) in [6.45, 7) is 6.68. The molecule has 0 atom stereocenters. The molecule has 0 aliphatic heterocycles. The van der Waals surface area contributed by atoms with Gasteiger partial charge in [-0.1, -0.05) is 25.3 Å². The van der Waals surface area contributed by atoms with Crippen molar-refractivity contribution in [3.05, 3.63) is 37.0 Å². The van der Waals surface area contributed by atoms with Gasteiger partial charge in [0.05, 0.1) is 5.75 Å². The Hall–Kier alpha value is -1.93. The standard InChI is InChI=1S/C13H18O7S/c1-3-7-19-12(14)10-11(13(15)20-8-4-2)6-5-9-21(16,17)18/h3-4,10H,1-2,5-9H2,(H,16,17,18)/b11-10-. The fraction of sp³-hybridized carbons (Fsp3) is 0.385. The molecule has 0 saturated carbocycles. The minimum absolute atomic E-state index is 0.0185. The lowest BCUT2D eigenvalue weighted by Gasteiger charge is -2.06. The van der Waals surface area contributed by atoms with Crippen LogP contribution in [0.1, 0.15) is 12.8 Å². The minimum Gasteiger partial charge on any atom is -0.458 e. The zero-order valence-corrected chi connectivity index (χ0v) is 12.3. The second-order valence-corrected chi connectivity index (χ2v) is 5.44. The van der Waals surface area contributed by atoms with Gasteiger partial charge in [-0.3, -0.25) is 4.55 Å². The van der Waals surface area contributed by atoms with Crippen molar-refractivity contribution >= 4 is 22.1 Å². The highest BCUT2D eigenvalue weighted by molar-refractivity contribution is 7.85. The van der Waals surface area contributed by atoms with Crippen molar-refractivity contribution in [2.24, 2.45) is 0 Å². The number of ether oxygens (including phenoxy) is 2. The highest BCUT2D eigenvalue weighted by Gasteiger charge is 2.15. The Kier molecular flexibility index (Phi) is 8.98. The van der Waals surface area contributed by atoms with E-state index in [-0.39, 0.29) is 31.6 Å². The monoisotopic (exact) mass is 318 g/mol. The summed E-state index contributed by atoms with van der Waals surface area (Å²) in [6.07, 6.45) is 3.55. The second-order valence-electron chi connectivity index (χ2n) is 3.87. The van der Waals surface area contributed by atoms with Crippen LogP contribution in [0.25, 0.3) is 0 Å². The van der Waals surface area contributed by atoms with Gasteiger partial charge in [0, 0.05) is 11.6 Å². The number of carbonyl (C=O) groups excluding carboxylic acids is 2. The molecule has 0 unspecified atom stereocenters. The Labute approximate surface area is 123 Å². The molecular formula is C13H18O7S. The Bertz CT molecular complexity index is 517. The van der Waals surface area contributed by atoms with E-state index in [1.165, 1.54) is 12.2 Å². The number of rotatable bonds is 10. The van der Waals surface area contributed by atoms with Crippen LogP contribution >= 0.6 is 0 Å². The van der Waals surface area contributed by atoms with Crippen LogP contribution in [-0.4, -0.2) is 43.9 Å². The van der Waals surface area contributed by atoms with E-state index in [1.54, 1.807) is 0 Å². The normalized spacial score (nSPS) is 11.6. The third-order valence-electron chi connectivity index (χ3n) is 2.08. The predicted octanol–water partition coefficient (Wildman–Crippen LogP) is 1.04. The average Bonchev–Trinajstić information content (AvgIpc) is 2.40. The van der Waals surface area contributed by atoms with Crippen LogP contribution in [0.5, 0.6) is 0 Å². The second kappa shape index (κ2) is 9.89. The molecule has 0 spiro atoms. The molecule has 0 saturated heterocycles. The van der Waals surface area contributed by atoms with Gasteiger partial charge in [0.2, 0.25) is 0 Å². The summed E-state index contributed by atoms with van der Waals surface area (Å²) < 4.78 is 39.3. The lowest BCUT2D eigenvalue weighted by molar-refractivity contribution is -0.140. The Morgan fingerprint density at radius 2 is 1.67 bits per heavy atom. The first-order chi connectivity index (χ1) is 9.80. The summed E-state index contributed by atoms with van der Waals surface area (Å²) in [4.78, 5) is 23.1. The molecule has 0 aromatic heterocycles. The molecule has 7 nitrogen and oxygen atoms in total. The molecule has 0 aromatic rings. The van der Waals surface area contributed by atoms with Gasteiger partial charge in [-0.05, 0) is 12.8 Å². The van der Waals surface area contributed by atoms with E-state index in [2.05, 4.69) is 13.2 Å². The quantitative estimate of drug-likeness (QED) is 0.277. The number of carbonyl (C=O) groups is 2. The van der Waals surface area contributed by atoms with Crippen molar-refractivity contribution in [2.45, 2.75) is 12.8 Å². The predicted molar refractivity (Wildman–Crippen MR) is 76.0 cm³/mol. The van der Waals surface area contributed by atoms with Crippen molar-refractivity contribution in [2.75, 3.05) is 19.0 Å². The lowest BCUT2D eigenvalue weighted by Crippen LogP contribution is -2.13. The van der Waals surface area contributed by atoms with E-state index in [4.69, 9.17) is 14.0 Å². The summed E-state index contributed by atoms with van der Waals surface area (Å²) in [6, 6.07) is 0. The van der Waals surface area contributed by atoms with Gasteiger partial charge in [0.25, 0.3) is 10.1 Å². The molecule has 0 radical (unpaired) electrons. The van der Waals surface area contributed by atoms with Crippen molar-refractivity contribution < 1.29 is 32.0 Å². The van der Waals surface area contributed by atoms with Gasteiger partial charge in [0.15, 0.2) is 0 Å². The van der Waals surface area contributed by atoms with Crippen LogP contribution in [0.4, 0.5) is 0 Å². The van der Waals surface area contributed by atoms with E-state index in [9.17, 15) is 18.0 Å².